The Morgan fingerprint density at radius 2 is 1.92 bits per heavy atom. The van der Waals surface area contributed by atoms with Crippen LogP contribution in [0.5, 0.6) is 11.5 Å². The van der Waals surface area contributed by atoms with Gasteiger partial charge in [0, 0.05) is 18.9 Å². The summed E-state index contributed by atoms with van der Waals surface area (Å²) < 4.78 is 23.9. The predicted octanol–water partition coefficient (Wildman–Crippen LogP) is 3.25. The standard InChI is InChI=1S/C18H15FN2O3/c1-11(22)21-16(12-2-5-14(19)6-3-12)9-15(20-21)13-4-7-17-18(8-13)24-10-23-17/h2-8,16H,9-10H2,1H3/t16-/m1/s1. The summed E-state index contributed by atoms with van der Waals surface area (Å²) in [5, 5.41) is 5.93. The van der Waals surface area contributed by atoms with Crippen LogP contribution in [0.2, 0.25) is 0 Å². The van der Waals surface area contributed by atoms with E-state index in [-0.39, 0.29) is 24.6 Å². The molecular formula is C18H15FN2O3. The van der Waals surface area contributed by atoms with Crippen molar-refractivity contribution in [2.75, 3.05) is 6.79 Å². The molecule has 0 aromatic heterocycles. The molecule has 2 heterocycles. The van der Waals surface area contributed by atoms with Crippen LogP contribution in [0.15, 0.2) is 47.6 Å². The first-order valence-corrected chi connectivity index (χ1v) is 7.64. The lowest BCUT2D eigenvalue weighted by Gasteiger charge is -2.20. The molecule has 0 bridgehead atoms. The van der Waals surface area contributed by atoms with Gasteiger partial charge in [-0.1, -0.05) is 12.1 Å². The van der Waals surface area contributed by atoms with Crippen LogP contribution < -0.4 is 9.47 Å². The Hall–Kier alpha value is -2.89. The Balaban J connectivity index is 1.66. The number of hydrazone groups is 1. The summed E-state index contributed by atoms with van der Waals surface area (Å²) in [5.41, 5.74) is 2.53. The fraction of sp³-hybridized carbons (Fsp3) is 0.222. The molecule has 2 aromatic rings. The lowest BCUT2D eigenvalue weighted by Crippen LogP contribution is -2.24. The van der Waals surface area contributed by atoms with E-state index in [0.717, 1.165) is 16.8 Å². The van der Waals surface area contributed by atoms with Gasteiger partial charge in [-0.25, -0.2) is 9.40 Å². The first-order valence-electron chi connectivity index (χ1n) is 7.64. The molecule has 0 radical (unpaired) electrons. The Morgan fingerprint density at radius 3 is 2.67 bits per heavy atom. The van der Waals surface area contributed by atoms with Gasteiger partial charge < -0.3 is 9.47 Å². The molecule has 2 aliphatic heterocycles. The molecule has 122 valence electrons. The van der Waals surface area contributed by atoms with Crippen LogP contribution in [-0.2, 0) is 4.79 Å². The van der Waals surface area contributed by atoms with Crippen LogP contribution in [0.3, 0.4) is 0 Å². The van der Waals surface area contributed by atoms with Gasteiger partial charge in [0.25, 0.3) is 0 Å². The highest BCUT2D eigenvalue weighted by molar-refractivity contribution is 6.03. The topological polar surface area (TPSA) is 51.1 Å². The minimum atomic E-state index is -0.303. The maximum absolute atomic E-state index is 13.2. The van der Waals surface area contributed by atoms with Crippen LogP contribution in [0, 0.1) is 5.82 Å². The van der Waals surface area contributed by atoms with Crippen LogP contribution >= 0.6 is 0 Å². The minimum absolute atomic E-state index is 0.153. The van der Waals surface area contributed by atoms with Crippen molar-refractivity contribution < 1.29 is 18.7 Å². The van der Waals surface area contributed by atoms with Crippen molar-refractivity contribution >= 4 is 11.6 Å². The molecule has 5 nitrogen and oxygen atoms in total. The minimum Gasteiger partial charge on any atom is -0.454 e. The van der Waals surface area contributed by atoms with Crippen LogP contribution in [0.1, 0.15) is 30.5 Å². The molecular weight excluding hydrogens is 311 g/mol. The van der Waals surface area contributed by atoms with E-state index in [4.69, 9.17) is 9.47 Å². The molecule has 0 N–H and O–H groups in total. The van der Waals surface area contributed by atoms with Crippen molar-refractivity contribution in [3.8, 4) is 11.5 Å². The molecule has 0 spiro atoms. The summed E-state index contributed by atoms with van der Waals surface area (Å²) in [6.45, 7) is 1.69. The summed E-state index contributed by atoms with van der Waals surface area (Å²) in [5.74, 6) is 0.925. The van der Waals surface area contributed by atoms with Gasteiger partial charge in [0.05, 0.1) is 11.8 Å². The Morgan fingerprint density at radius 1 is 1.17 bits per heavy atom. The lowest BCUT2D eigenvalue weighted by molar-refractivity contribution is -0.130. The number of hydrogen-bond donors (Lipinski definition) is 0. The van der Waals surface area contributed by atoms with Crippen molar-refractivity contribution in [2.24, 2.45) is 5.10 Å². The van der Waals surface area contributed by atoms with E-state index in [1.165, 1.54) is 24.1 Å². The molecule has 24 heavy (non-hydrogen) atoms. The van der Waals surface area contributed by atoms with Crippen LogP contribution in [0.4, 0.5) is 4.39 Å². The number of ether oxygens (including phenoxy) is 2. The van der Waals surface area contributed by atoms with Gasteiger partial charge in [0.1, 0.15) is 5.82 Å². The zero-order chi connectivity index (χ0) is 16.7. The molecule has 6 heteroatoms. The predicted molar refractivity (Wildman–Crippen MR) is 85.4 cm³/mol. The number of fused-ring (bicyclic) bond motifs is 1. The van der Waals surface area contributed by atoms with Crippen molar-refractivity contribution in [3.05, 3.63) is 59.4 Å². The Bertz CT molecular complexity index is 833. The highest BCUT2D eigenvalue weighted by Crippen LogP contribution is 2.37. The maximum Gasteiger partial charge on any atom is 0.240 e. The molecule has 1 amide bonds. The smallest absolute Gasteiger partial charge is 0.240 e. The van der Waals surface area contributed by atoms with E-state index in [1.54, 1.807) is 12.1 Å². The van der Waals surface area contributed by atoms with Gasteiger partial charge in [0.2, 0.25) is 12.7 Å². The molecule has 2 aliphatic rings. The summed E-state index contributed by atoms with van der Waals surface area (Å²) >= 11 is 0. The van der Waals surface area contributed by atoms with Gasteiger partial charge in [-0.05, 0) is 35.9 Å². The zero-order valence-corrected chi connectivity index (χ0v) is 13.0. The molecule has 0 saturated carbocycles. The quantitative estimate of drug-likeness (QED) is 0.851. The molecule has 2 aromatic carbocycles. The third-order valence-electron chi connectivity index (χ3n) is 4.19. The Labute approximate surface area is 138 Å². The van der Waals surface area contributed by atoms with Crippen molar-refractivity contribution in [1.82, 2.24) is 5.01 Å². The number of nitrogens with zero attached hydrogens (tertiary/aromatic N) is 2. The number of halogens is 1. The van der Waals surface area contributed by atoms with Gasteiger partial charge in [-0.15, -0.1) is 0 Å². The number of amides is 1. The number of carbonyl (C=O) groups is 1. The molecule has 1 atom stereocenters. The zero-order valence-electron chi connectivity index (χ0n) is 13.0. The van der Waals surface area contributed by atoms with Crippen molar-refractivity contribution in [2.45, 2.75) is 19.4 Å². The van der Waals surface area contributed by atoms with Crippen molar-refractivity contribution in [3.63, 3.8) is 0 Å². The average molecular weight is 326 g/mol. The molecule has 0 saturated heterocycles. The fourth-order valence-electron chi connectivity index (χ4n) is 3.00. The lowest BCUT2D eigenvalue weighted by atomic mass is 9.98. The summed E-state index contributed by atoms with van der Waals surface area (Å²) in [7, 11) is 0. The summed E-state index contributed by atoms with van der Waals surface area (Å²) in [6.07, 6.45) is 0.560. The molecule has 0 fully saturated rings. The monoisotopic (exact) mass is 326 g/mol. The normalized spacial score (nSPS) is 18.7. The average Bonchev–Trinajstić information content (AvgIpc) is 3.21. The van der Waals surface area contributed by atoms with E-state index in [2.05, 4.69) is 5.10 Å². The second-order valence-corrected chi connectivity index (χ2v) is 5.75. The maximum atomic E-state index is 13.2. The van der Waals surface area contributed by atoms with Crippen LogP contribution in [-0.4, -0.2) is 23.4 Å². The van der Waals surface area contributed by atoms with Gasteiger partial charge >= 0.3 is 0 Å². The van der Waals surface area contributed by atoms with Crippen molar-refractivity contribution in [1.29, 1.82) is 0 Å². The third kappa shape index (κ3) is 2.50. The summed E-state index contributed by atoms with van der Waals surface area (Å²) in [4.78, 5) is 12.0. The highest BCUT2D eigenvalue weighted by atomic mass is 19.1. The van der Waals surface area contributed by atoms with E-state index >= 15 is 0 Å². The van der Waals surface area contributed by atoms with Gasteiger partial charge in [0.15, 0.2) is 11.5 Å². The molecule has 0 aliphatic carbocycles. The van der Waals surface area contributed by atoms with Gasteiger partial charge in [-0.3, -0.25) is 4.79 Å². The number of rotatable bonds is 2. The van der Waals surface area contributed by atoms with E-state index in [9.17, 15) is 9.18 Å². The number of carbonyl (C=O) groups excluding carboxylic acids is 1. The fourth-order valence-corrected chi connectivity index (χ4v) is 3.00. The van der Waals surface area contributed by atoms with E-state index in [1.807, 2.05) is 18.2 Å². The first kappa shape index (κ1) is 14.7. The molecule has 4 rings (SSSR count). The second kappa shape index (κ2) is 5.63. The number of benzene rings is 2. The van der Waals surface area contributed by atoms with E-state index in [0.29, 0.717) is 17.9 Å². The van der Waals surface area contributed by atoms with Gasteiger partial charge in [-0.2, -0.15) is 5.10 Å². The number of hydrogen-bond acceptors (Lipinski definition) is 4. The summed E-state index contributed by atoms with van der Waals surface area (Å²) in [6, 6.07) is 11.5. The largest absolute Gasteiger partial charge is 0.454 e. The first-order chi connectivity index (χ1) is 11.6. The third-order valence-corrected chi connectivity index (χ3v) is 4.19. The SMILES string of the molecule is CC(=O)N1N=C(c2ccc3c(c2)OCO3)C[C@@H]1c1ccc(F)cc1. The molecule has 0 unspecified atom stereocenters. The van der Waals surface area contributed by atoms with E-state index < -0.39 is 0 Å². The highest BCUT2D eigenvalue weighted by Gasteiger charge is 2.31. The van der Waals surface area contributed by atoms with Crippen LogP contribution in [0.25, 0.3) is 0 Å². The Kier molecular flexibility index (Phi) is 3.45. The second-order valence-electron chi connectivity index (χ2n) is 5.75.